The first-order valence-electron chi connectivity index (χ1n) is 4.30. The van der Waals surface area contributed by atoms with Crippen molar-refractivity contribution in [3.8, 4) is 0 Å². The molecule has 0 radical (unpaired) electrons. The average Bonchev–Trinajstić information content (AvgIpc) is 2.17. The number of aliphatic imine (C=N–C) groups is 1. The van der Waals surface area contributed by atoms with Crippen molar-refractivity contribution in [1.29, 1.82) is 0 Å². The zero-order valence-corrected chi connectivity index (χ0v) is 7.76. The van der Waals surface area contributed by atoms with Gasteiger partial charge in [-0.25, -0.2) is 4.99 Å². The minimum Gasteiger partial charge on any atom is -0.370 e. The molecule has 0 unspecified atom stereocenters. The number of carbonyl (C=O) groups excluding carboxylic acids is 1. The number of rotatable bonds is 4. The number of aldehydes is 1. The van der Waals surface area contributed by atoms with Gasteiger partial charge in [-0.05, 0) is 5.56 Å². The SMILES string of the molecule is NC(N)=N[C@H](C=O)Cc1ccccc1. The second kappa shape index (κ2) is 5.01. The first kappa shape index (κ1) is 10.2. The zero-order valence-electron chi connectivity index (χ0n) is 7.76. The molecule has 0 aliphatic heterocycles. The normalized spacial score (nSPS) is 11.7. The van der Waals surface area contributed by atoms with E-state index in [0.717, 1.165) is 11.8 Å². The predicted octanol–water partition coefficient (Wildman–Crippen LogP) is 0.0700. The van der Waals surface area contributed by atoms with Gasteiger partial charge in [-0.1, -0.05) is 30.3 Å². The van der Waals surface area contributed by atoms with Crippen molar-refractivity contribution in [3.05, 3.63) is 35.9 Å². The molecule has 0 aliphatic carbocycles. The summed E-state index contributed by atoms with van der Waals surface area (Å²) < 4.78 is 0. The summed E-state index contributed by atoms with van der Waals surface area (Å²) in [6, 6.07) is 9.11. The molecule has 74 valence electrons. The van der Waals surface area contributed by atoms with Crippen LogP contribution in [0.4, 0.5) is 0 Å². The number of benzene rings is 1. The molecule has 1 rings (SSSR count). The van der Waals surface area contributed by atoms with Gasteiger partial charge >= 0.3 is 0 Å². The summed E-state index contributed by atoms with van der Waals surface area (Å²) >= 11 is 0. The summed E-state index contributed by atoms with van der Waals surface area (Å²) in [5.74, 6) is -0.0574. The van der Waals surface area contributed by atoms with Crippen LogP contribution in [0.1, 0.15) is 5.56 Å². The molecule has 1 aromatic rings. The smallest absolute Gasteiger partial charge is 0.186 e. The number of nitrogens with two attached hydrogens (primary N) is 2. The van der Waals surface area contributed by atoms with Crippen molar-refractivity contribution < 1.29 is 4.79 Å². The van der Waals surface area contributed by atoms with E-state index < -0.39 is 6.04 Å². The molecular formula is C10H13N3O. The van der Waals surface area contributed by atoms with E-state index in [9.17, 15) is 4.79 Å². The van der Waals surface area contributed by atoms with E-state index >= 15 is 0 Å². The fourth-order valence-electron chi connectivity index (χ4n) is 1.17. The summed E-state index contributed by atoms with van der Waals surface area (Å²) in [6.07, 6.45) is 1.27. The van der Waals surface area contributed by atoms with Gasteiger partial charge in [-0.3, -0.25) is 0 Å². The summed E-state index contributed by atoms with van der Waals surface area (Å²) in [6.45, 7) is 0. The van der Waals surface area contributed by atoms with E-state index in [0.29, 0.717) is 6.42 Å². The second-order valence-corrected chi connectivity index (χ2v) is 2.95. The number of hydrogen-bond acceptors (Lipinski definition) is 2. The van der Waals surface area contributed by atoms with Gasteiger partial charge in [0.2, 0.25) is 0 Å². The Bertz CT molecular complexity index is 317. The molecule has 1 atom stereocenters. The van der Waals surface area contributed by atoms with Crippen molar-refractivity contribution in [2.45, 2.75) is 12.5 Å². The molecule has 14 heavy (non-hydrogen) atoms. The lowest BCUT2D eigenvalue weighted by molar-refractivity contribution is -0.108. The molecule has 0 amide bonds. The van der Waals surface area contributed by atoms with Crippen LogP contribution in [-0.4, -0.2) is 18.3 Å². The van der Waals surface area contributed by atoms with Crippen molar-refractivity contribution in [2.75, 3.05) is 0 Å². The molecule has 0 heterocycles. The lowest BCUT2D eigenvalue weighted by Crippen LogP contribution is -2.26. The highest BCUT2D eigenvalue weighted by Crippen LogP contribution is 2.03. The maximum atomic E-state index is 10.6. The average molecular weight is 191 g/mol. The molecule has 0 spiro atoms. The van der Waals surface area contributed by atoms with Crippen LogP contribution in [0.15, 0.2) is 35.3 Å². The molecule has 0 aromatic heterocycles. The third-order valence-corrected chi connectivity index (χ3v) is 1.76. The van der Waals surface area contributed by atoms with Crippen molar-refractivity contribution >= 4 is 12.2 Å². The monoisotopic (exact) mass is 191 g/mol. The Morgan fingerprint density at radius 2 is 2.00 bits per heavy atom. The van der Waals surface area contributed by atoms with E-state index in [1.807, 2.05) is 30.3 Å². The molecule has 0 saturated carbocycles. The van der Waals surface area contributed by atoms with Gasteiger partial charge in [-0.2, -0.15) is 0 Å². The molecule has 0 saturated heterocycles. The van der Waals surface area contributed by atoms with Crippen LogP contribution in [0.3, 0.4) is 0 Å². The third kappa shape index (κ3) is 3.26. The lowest BCUT2D eigenvalue weighted by atomic mass is 10.1. The molecule has 0 fully saturated rings. The first-order valence-corrected chi connectivity index (χ1v) is 4.30. The maximum absolute atomic E-state index is 10.6. The minimum atomic E-state index is -0.484. The van der Waals surface area contributed by atoms with Gasteiger partial charge in [0.15, 0.2) is 5.96 Å². The lowest BCUT2D eigenvalue weighted by Gasteiger charge is -2.04. The van der Waals surface area contributed by atoms with Crippen LogP contribution in [0.5, 0.6) is 0 Å². The zero-order chi connectivity index (χ0) is 10.4. The Hall–Kier alpha value is -1.84. The van der Waals surface area contributed by atoms with Crippen molar-refractivity contribution in [3.63, 3.8) is 0 Å². The Labute approximate surface area is 82.6 Å². The summed E-state index contributed by atoms with van der Waals surface area (Å²) in [4.78, 5) is 14.4. The van der Waals surface area contributed by atoms with Crippen LogP contribution in [-0.2, 0) is 11.2 Å². The van der Waals surface area contributed by atoms with Crippen molar-refractivity contribution in [1.82, 2.24) is 0 Å². The number of hydrogen-bond donors (Lipinski definition) is 2. The van der Waals surface area contributed by atoms with E-state index in [-0.39, 0.29) is 5.96 Å². The predicted molar refractivity (Wildman–Crippen MR) is 55.8 cm³/mol. The largest absolute Gasteiger partial charge is 0.370 e. The van der Waals surface area contributed by atoms with Crippen LogP contribution >= 0.6 is 0 Å². The van der Waals surface area contributed by atoms with Crippen LogP contribution < -0.4 is 11.5 Å². The number of carbonyl (C=O) groups is 1. The van der Waals surface area contributed by atoms with Crippen LogP contribution in [0.25, 0.3) is 0 Å². The fourth-order valence-corrected chi connectivity index (χ4v) is 1.17. The maximum Gasteiger partial charge on any atom is 0.186 e. The standard InChI is InChI=1S/C10H13N3O/c11-10(12)13-9(7-14)6-8-4-2-1-3-5-8/h1-5,7,9H,6H2,(H4,11,12,13)/t9-/m0/s1. The Morgan fingerprint density at radius 3 is 2.50 bits per heavy atom. The van der Waals surface area contributed by atoms with Gasteiger partial charge in [0.05, 0.1) is 0 Å². The van der Waals surface area contributed by atoms with Crippen LogP contribution in [0.2, 0.25) is 0 Å². The highest BCUT2D eigenvalue weighted by molar-refractivity contribution is 5.78. The molecule has 4 N–H and O–H groups in total. The number of guanidine groups is 1. The Balaban J connectivity index is 2.67. The molecule has 4 heteroatoms. The Morgan fingerprint density at radius 1 is 1.36 bits per heavy atom. The highest BCUT2D eigenvalue weighted by Gasteiger charge is 2.05. The molecule has 0 aliphatic rings. The Kier molecular flexibility index (Phi) is 3.67. The van der Waals surface area contributed by atoms with E-state index in [1.54, 1.807) is 0 Å². The summed E-state index contributed by atoms with van der Waals surface area (Å²) in [5.41, 5.74) is 11.4. The van der Waals surface area contributed by atoms with Gasteiger partial charge in [0.25, 0.3) is 0 Å². The quantitative estimate of drug-likeness (QED) is 0.401. The first-order chi connectivity index (χ1) is 6.72. The molecule has 4 nitrogen and oxygen atoms in total. The van der Waals surface area contributed by atoms with Gasteiger partial charge < -0.3 is 16.3 Å². The van der Waals surface area contributed by atoms with E-state index in [4.69, 9.17) is 11.5 Å². The highest BCUT2D eigenvalue weighted by atomic mass is 16.1. The second-order valence-electron chi connectivity index (χ2n) is 2.95. The van der Waals surface area contributed by atoms with Gasteiger partial charge in [0.1, 0.15) is 12.3 Å². The minimum absolute atomic E-state index is 0.0574. The van der Waals surface area contributed by atoms with Crippen LogP contribution in [0, 0.1) is 0 Å². The third-order valence-electron chi connectivity index (χ3n) is 1.76. The molecule has 0 bridgehead atoms. The van der Waals surface area contributed by atoms with Crippen molar-refractivity contribution in [2.24, 2.45) is 16.5 Å². The number of nitrogens with zero attached hydrogens (tertiary/aromatic N) is 1. The molecule has 1 aromatic carbocycles. The van der Waals surface area contributed by atoms with E-state index in [2.05, 4.69) is 4.99 Å². The van der Waals surface area contributed by atoms with E-state index in [1.165, 1.54) is 0 Å². The summed E-state index contributed by atoms with van der Waals surface area (Å²) in [7, 11) is 0. The topological polar surface area (TPSA) is 81.5 Å². The van der Waals surface area contributed by atoms with Gasteiger partial charge in [-0.15, -0.1) is 0 Å². The van der Waals surface area contributed by atoms with Gasteiger partial charge in [0, 0.05) is 6.42 Å². The summed E-state index contributed by atoms with van der Waals surface area (Å²) in [5, 5.41) is 0. The molecular weight excluding hydrogens is 178 g/mol. The fraction of sp³-hybridized carbons (Fsp3) is 0.200.